The van der Waals surface area contributed by atoms with E-state index < -0.39 is 6.10 Å². The Hall–Kier alpha value is -1.59. The highest BCUT2D eigenvalue weighted by Gasteiger charge is 2.19. The van der Waals surface area contributed by atoms with Gasteiger partial charge >= 0.3 is 17.9 Å². The van der Waals surface area contributed by atoms with Gasteiger partial charge in [-0.2, -0.15) is 0 Å². The molecule has 0 aliphatic rings. The van der Waals surface area contributed by atoms with Gasteiger partial charge in [0.15, 0.2) is 6.10 Å². The fourth-order valence-corrected chi connectivity index (χ4v) is 8.04. The van der Waals surface area contributed by atoms with Crippen LogP contribution in [-0.2, 0) is 28.6 Å². The molecule has 0 aromatic rings. The minimum Gasteiger partial charge on any atom is -0.462 e. The Balaban J connectivity index is 4.17. The molecule has 0 unspecified atom stereocenters. The van der Waals surface area contributed by atoms with Gasteiger partial charge in [-0.15, -0.1) is 0 Å². The van der Waals surface area contributed by atoms with Crippen molar-refractivity contribution in [2.45, 2.75) is 303 Å². The van der Waals surface area contributed by atoms with Gasteiger partial charge in [-0.1, -0.05) is 259 Å². The van der Waals surface area contributed by atoms with Gasteiger partial charge in [-0.3, -0.25) is 14.4 Å². The van der Waals surface area contributed by atoms with Crippen molar-refractivity contribution in [3.05, 3.63) is 0 Å². The quantitative estimate of drug-likeness (QED) is 0.0345. The highest BCUT2D eigenvalue weighted by molar-refractivity contribution is 5.71. The monoisotopic (exact) mass is 835 g/mol. The minimum atomic E-state index is -0.759. The lowest BCUT2D eigenvalue weighted by Gasteiger charge is -2.18. The number of ether oxygens (including phenoxy) is 3. The van der Waals surface area contributed by atoms with Crippen molar-refractivity contribution < 1.29 is 28.6 Å². The van der Waals surface area contributed by atoms with E-state index in [0.29, 0.717) is 19.3 Å². The van der Waals surface area contributed by atoms with Crippen LogP contribution in [0.2, 0.25) is 0 Å². The molecule has 0 heterocycles. The molecule has 0 fully saturated rings. The predicted octanol–water partition coefficient (Wildman–Crippen LogP) is 17.1. The lowest BCUT2D eigenvalue weighted by molar-refractivity contribution is -0.167. The van der Waals surface area contributed by atoms with Gasteiger partial charge in [0.25, 0.3) is 0 Å². The highest BCUT2D eigenvalue weighted by Crippen LogP contribution is 2.17. The maximum absolute atomic E-state index is 12.8. The first-order valence-electron chi connectivity index (χ1n) is 26.4. The number of hydrogen-bond acceptors (Lipinski definition) is 6. The van der Waals surface area contributed by atoms with Crippen LogP contribution in [-0.4, -0.2) is 37.2 Å². The first kappa shape index (κ1) is 57.4. The van der Waals surface area contributed by atoms with E-state index in [1.807, 2.05) is 0 Å². The Morgan fingerprint density at radius 3 is 0.831 bits per heavy atom. The molecule has 350 valence electrons. The number of carbonyl (C=O) groups excluding carboxylic acids is 3. The van der Waals surface area contributed by atoms with Crippen LogP contribution in [0.3, 0.4) is 0 Å². The van der Waals surface area contributed by atoms with Crippen molar-refractivity contribution in [2.24, 2.45) is 5.92 Å². The molecule has 0 aliphatic carbocycles. The summed E-state index contributed by atoms with van der Waals surface area (Å²) in [6.45, 7) is 9.01. The van der Waals surface area contributed by atoms with E-state index in [4.69, 9.17) is 14.2 Å². The van der Waals surface area contributed by atoms with Gasteiger partial charge in [0, 0.05) is 19.3 Å². The molecule has 59 heavy (non-hydrogen) atoms. The maximum atomic E-state index is 12.8. The SMILES string of the molecule is CCCCCCCCCCCCCCCCCCC(=O)O[C@@H](COC(=O)CCCCCCCCC)COC(=O)CCCCCCCCCCCCCCCCCC(C)C. The molecule has 6 heteroatoms. The average molecular weight is 835 g/mol. The Morgan fingerprint density at radius 1 is 0.322 bits per heavy atom. The summed E-state index contributed by atoms with van der Waals surface area (Å²) in [5, 5.41) is 0. The van der Waals surface area contributed by atoms with Crippen LogP contribution >= 0.6 is 0 Å². The summed E-state index contributed by atoms with van der Waals surface area (Å²) in [5.74, 6) is -0.000248. The van der Waals surface area contributed by atoms with Crippen LogP contribution in [0.15, 0.2) is 0 Å². The molecule has 0 spiro atoms. The summed E-state index contributed by atoms with van der Waals surface area (Å²) in [5.41, 5.74) is 0. The smallest absolute Gasteiger partial charge is 0.306 e. The van der Waals surface area contributed by atoms with Gasteiger partial charge in [0.05, 0.1) is 0 Å². The van der Waals surface area contributed by atoms with Crippen molar-refractivity contribution in [1.29, 1.82) is 0 Å². The first-order chi connectivity index (χ1) is 28.9. The van der Waals surface area contributed by atoms with Crippen LogP contribution in [0.4, 0.5) is 0 Å². The predicted molar refractivity (Wildman–Crippen MR) is 252 cm³/mol. The second kappa shape index (κ2) is 47.5. The topological polar surface area (TPSA) is 78.9 Å². The number of rotatable bonds is 48. The van der Waals surface area contributed by atoms with Crippen LogP contribution in [0.25, 0.3) is 0 Å². The molecule has 6 nitrogen and oxygen atoms in total. The van der Waals surface area contributed by atoms with E-state index in [0.717, 1.165) is 63.7 Å². The molecule has 0 N–H and O–H groups in total. The van der Waals surface area contributed by atoms with E-state index in [9.17, 15) is 14.4 Å². The van der Waals surface area contributed by atoms with Crippen LogP contribution < -0.4 is 0 Å². The molecule has 0 aliphatic heterocycles. The Morgan fingerprint density at radius 2 is 0.559 bits per heavy atom. The van der Waals surface area contributed by atoms with Crippen LogP contribution in [0, 0.1) is 5.92 Å². The molecule has 0 saturated carbocycles. The van der Waals surface area contributed by atoms with Crippen molar-refractivity contribution >= 4 is 17.9 Å². The fraction of sp³-hybridized carbons (Fsp3) is 0.943. The fourth-order valence-electron chi connectivity index (χ4n) is 8.04. The third-order valence-corrected chi connectivity index (χ3v) is 12.0. The second-order valence-electron chi connectivity index (χ2n) is 18.6. The summed E-state index contributed by atoms with van der Waals surface area (Å²) in [7, 11) is 0. The first-order valence-corrected chi connectivity index (χ1v) is 26.4. The van der Waals surface area contributed by atoms with Crippen LogP contribution in [0.5, 0.6) is 0 Å². The number of hydrogen-bond donors (Lipinski definition) is 0. The lowest BCUT2D eigenvalue weighted by atomic mass is 10.0. The second-order valence-corrected chi connectivity index (χ2v) is 18.6. The average Bonchev–Trinajstić information content (AvgIpc) is 3.22. The minimum absolute atomic E-state index is 0.0630. The summed E-state index contributed by atoms with van der Waals surface area (Å²) in [4.78, 5) is 37.8. The number of unbranched alkanes of at least 4 members (excludes halogenated alkanes) is 35. The molecule has 0 radical (unpaired) electrons. The zero-order valence-corrected chi connectivity index (χ0v) is 40.2. The van der Waals surface area contributed by atoms with Gasteiger partial charge in [-0.05, 0) is 25.2 Å². The summed E-state index contributed by atoms with van der Waals surface area (Å²) < 4.78 is 16.8. The molecule has 0 saturated heterocycles. The summed E-state index contributed by atoms with van der Waals surface area (Å²) >= 11 is 0. The van der Waals surface area contributed by atoms with E-state index in [2.05, 4.69) is 27.7 Å². The van der Waals surface area contributed by atoms with Gasteiger partial charge in [0.1, 0.15) is 13.2 Å². The molecule has 1 atom stereocenters. The molecule has 0 rings (SSSR count). The number of esters is 3. The Bertz CT molecular complexity index is 887. The highest BCUT2D eigenvalue weighted by atomic mass is 16.6. The zero-order chi connectivity index (χ0) is 43.1. The van der Waals surface area contributed by atoms with Crippen LogP contribution in [0.1, 0.15) is 297 Å². The normalized spacial score (nSPS) is 11.9. The van der Waals surface area contributed by atoms with Gasteiger partial charge in [0.2, 0.25) is 0 Å². The van der Waals surface area contributed by atoms with E-state index in [1.54, 1.807) is 0 Å². The van der Waals surface area contributed by atoms with E-state index in [1.165, 1.54) is 193 Å². The maximum Gasteiger partial charge on any atom is 0.306 e. The molecular weight excluding hydrogens is 733 g/mol. The largest absolute Gasteiger partial charge is 0.462 e. The van der Waals surface area contributed by atoms with Gasteiger partial charge < -0.3 is 14.2 Å². The molecule has 0 aromatic heterocycles. The summed E-state index contributed by atoms with van der Waals surface area (Å²) in [6, 6.07) is 0. The third-order valence-electron chi connectivity index (χ3n) is 12.0. The summed E-state index contributed by atoms with van der Waals surface area (Å²) in [6.07, 6.45) is 49.6. The van der Waals surface area contributed by atoms with E-state index >= 15 is 0 Å². The Labute approximate surface area is 368 Å². The number of carbonyl (C=O) groups is 3. The molecule has 0 bridgehead atoms. The Kier molecular flexibility index (Phi) is 46.2. The standard InChI is InChI=1S/C53H102O6/c1-5-7-9-11-13-14-15-16-17-20-24-27-30-34-38-42-46-53(56)59-50(47-57-51(54)44-40-36-31-12-10-8-6-2)48-58-52(55)45-41-37-33-29-26-23-21-18-19-22-25-28-32-35-39-43-49(3)4/h49-50H,5-48H2,1-4H3/t50-/m0/s1. The van der Waals surface area contributed by atoms with Crippen molar-refractivity contribution in [3.8, 4) is 0 Å². The third kappa shape index (κ3) is 47.3. The zero-order valence-electron chi connectivity index (χ0n) is 40.2. The molecular formula is C53H102O6. The molecule has 0 aromatic carbocycles. The van der Waals surface area contributed by atoms with Crippen molar-refractivity contribution in [3.63, 3.8) is 0 Å². The van der Waals surface area contributed by atoms with Crippen molar-refractivity contribution in [2.75, 3.05) is 13.2 Å². The lowest BCUT2D eigenvalue weighted by Crippen LogP contribution is -2.30. The van der Waals surface area contributed by atoms with E-state index in [-0.39, 0.29) is 31.1 Å². The van der Waals surface area contributed by atoms with Crippen molar-refractivity contribution in [1.82, 2.24) is 0 Å². The van der Waals surface area contributed by atoms with Gasteiger partial charge in [-0.25, -0.2) is 0 Å². The molecule has 0 amide bonds.